The Bertz CT molecular complexity index is 1200. The van der Waals surface area contributed by atoms with E-state index in [0.717, 1.165) is 12.8 Å². The number of anilines is 2. The molecule has 2 rings (SSSR count). The van der Waals surface area contributed by atoms with E-state index < -0.39 is 5.97 Å². The van der Waals surface area contributed by atoms with Gasteiger partial charge >= 0.3 is 5.97 Å². The van der Waals surface area contributed by atoms with Gasteiger partial charge in [-0.05, 0) is 83.0 Å². The standard InChI is InChI=1S/C31H40N2O6/c1-8-38-31(36)28-17-12-25(33(24(5)34)19-18-23(4)11-9-10-22(2)3)20-29(28)32(6)30(35)21-39-27-15-13-26(37-7)14-16-27/h10,12-18,20H,8-9,11,19,21H2,1-7H3. The average Bonchev–Trinajstić information content (AvgIpc) is 2.91. The summed E-state index contributed by atoms with van der Waals surface area (Å²) >= 11 is 0. The zero-order valence-electron chi connectivity index (χ0n) is 24.1. The van der Waals surface area contributed by atoms with Crippen LogP contribution in [0.2, 0.25) is 0 Å². The van der Waals surface area contributed by atoms with Crippen molar-refractivity contribution >= 4 is 29.2 Å². The number of amides is 2. The zero-order chi connectivity index (χ0) is 28.9. The summed E-state index contributed by atoms with van der Waals surface area (Å²) in [5.41, 5.74) is 3.55. The second-order valence-corrected chi connectivity index (χ2v) is 9.34. The van der Waals surface area contributed by atoms with Crippen LogP contribution in [0.1, 0.15) is 57.8 Å². The SMILES string of the molecule is CCOC(=O)c1ccc(N(CC=C(C)CCC=C(C)C)C(C)=O)cc1N(C)C(=O)COc1ccc(OC)cc1. The first-order chi connectivity index (χ1) is 18.6. The number of likely N-dealkylation sites (N-methyl/N-ethyl adjacent to an activating group) is 1. The third-order valence-electron chi connectivity index (χ3n) is 6.04. The largest absolute Gasteiger partial charge is 0.497 e. The lowest BCUT2D eigenvalue weighted by Gasteiger charge is -2.25. The molecule has 39 heavy (non-hydrogen) atoms. The fourth-order valence-electron chi connectivity index (χ4n) is 3.75. The molecule has 0 bridgehead atoms. The number of allylic oxidation sites excluding steroid dienone is 3. The lowest BCUT2D eigenvalue weighted by molar-refractivity contribution is -0.120. The highest BCUT2D eigenvalue weighted by atomic mass is 16.5. The van der Waals surface area contributed by atoms with Crippen LogP contribution < -0.4 is 19.3 Å². The smallest absolute Gasteiger partial charge is 0.340 e. The minimum atomic E-state index is -0.556. The van der Waals surface area contributed by atoms with E-state index in [9.17, 15) is 14.4 Å². The van der Waals surface area contributed by atoms with E-state index in [1.807, 2.05) is 13.0 Å². The van der Waals surface area contributed by atoms with Crippen molar-refractivity contribution in [1.29, 1.82) is 0 Å². The molecule has 0 saturated heterocycles. The average molecular weight is 537 g/mol. The molecule has 8 nitrogen and oxygen atoms in total. The number of carbonyl (C=O) groups is 3. The number of carbonyl (C=O) groups excluding carboxylic acids is 3. The van der Waals surface area contributed by atoms with Gasteiger partial charge in [0.15, 0.2) is 6.61 Å². The molecule has 0 spiro atoms. The summed E-state index contributed by atoms with van der Waals surface area (Å²) in [5.74, 6) is 0.0909. The molecule has 0 aromatic heterocycles. The van der Waals surface area contributed by atoms with Gasteiger partial charge in [0.1, 0.15) is 11.5 Å². The van der Waals surface area contributed by atoms with Gasteiger partial charge < -0.3 is 24.0 Å². The summed E-state index contributed by atoms with van der Waals surface area (Å²) in [5, 5.41) is 0. The monoisotopic (exact) mass is 536 g/mol. The van der Waals surface area contributed by atoms with Crippen molar-refractivity contribution in [2.45, 2.75) is 47.5 Å². The second kappa shape index (κ2) is 15.4. The number of esters is 1. The highest BCUT2D eigenvalue weighted by Gasteiger charge is 2.23. The van der Waals surface area contributed by atoms with Gasteiger partial charge in [-0.15, -0.1) is 0 Å². The van der Waals surface area contributed by atoms with Crippen LogP contribution in [-0.4, -0.2) is 51.7 Å². The number of benzene rings is 2. The molecule has 0 aliphatic rings. The van der Waals surface area contributed by atoms with Gasteiger partial charge in [-0.2, -0.15) is 0 Å². The second-order valence-electron chi connectivity index (χ2n) is 9.34. The summed E-state index contributed by atoms with van der Waals surface area (Å²) in [6, 6.07) is 11.8. The maximum absolute atomic E-state index is 13.1. The number of methoxy groups -OCH3 is 1. The number of rotatable bonds is 13. The minimum Gasteiger partial charge on any atom is -0.497 e. The van der Waals surface area contributed by atoms with E-state index >= 15 is 0 Å². The molecular weight excluding hydrogens is 496 g/mol. The van der Waals surface area contributed by atoms with Gasteiger partial charge in [0.2, 0.25) is 5.91 Å². The maximum Gasteiger partial charge on any atom is 0.340 e. The Morgan fingerprint density at radius 1 is 0.923 bits per heavy atom. The Labute approximate surface area is 231 Å². The third kappa shape index (κ3) is 9.63. The van der Waals surface area contributed by atoms with E-state index in [1.165, 1.54) is 23.0 Å². The van der Waals surface area contributed by atoms with Crippen molar-refractivity contribution in [3.05, 3.63) is 71.3 Å². The summed E-state index contributed by atoms with van der Waals surface area (Å²) in [4.78, 5) is 41.3. The van der Waals surface area contributed by atoms with E-state index in [1.54, 1.807) is 68.4 Å². The van der Waals surface area contributed by atoms with Crippen LogP contribution in [0.4, 0.5) is 11.4 Å². The van der Waals surface area contributed by atoms with Crippen molar-refractivity contribution in [2.24, 2.45) is 0 Å². The van der Waals surface area contributed by atoms with Crippen molar-refractivity contribution in [2.75, 3.05) is 43.7 Å². The Hall–Kier alpha value is -4.07. The summed E-state index contributed by atoms with van der Waals surface area (Å²) < 4.78 is 16.0. The molecule has 0 fully saturated rings. The molecular formula is C31H40N2O6. The fourth-order valence-corrected chi connectivity index (χ4v) is 3.75. The van der Waals surface area contributed by atoms with Gasteiger partial charge in [0.25, 0.3) is 5.91 Å². The number of hydrogen-bond acceptors (Lipinski definition) is 6. The molecule has 0 N–H and O–H groups in total. The van der Waals surface area contributed by atoms with Gasteiger partial charge in [0, 0.05) is 26.2 Å². The van der Waals surface area contributed by atoms with Gasteiger partial charge in [-0.25, -0.2) is 4.79 Å². The van der Waals surface area contributed by atoms with Crippen LogP contribution in [0, 0.1) is 0 Å². The predicted molar refractivity (Wildman–Crippen MR) is 155 cm³/mol. The fraction of sp³-hybridized carbons (Fsp3) is 0.387. The van der Waals surface area contributed by atoms with Gasteiger partial charge in [-0.1, -0.05) is 23.3 Å². The van der Waals surface area contributed by atoms with E-state index in [2.05, 4.69) is 19.9 Å². The molecule has 0 unspecified atom stereocenters. The molecule has 2 aromatic rings. The number of ether oxygens (including phenoxy) is 3. The normalized spacial score (nSPS) is 10.9. The highest BCUT2D eigenvalue weighted by molar-refractivity contribution is 6.04. The van der Waals surface area contributed by atoms with Crippen LogP contribution in [0.3, 0.4) is 0 Å². The van der Waals surface area contributed by atoms with E-state index in [4.69, 9.17) is 14.2 Å². The van der Waals surface area contributed by atoms with Crippen LogP contribution >= 0.6 is 0 Å². The Morgan fingerprint density at radius 2 is 1.59 bits per heavy atom. The molecule has 0 radical (unpaired) electrons. The first-order valence-corrected chi connectivity index (χ1v) is 13.0. The van der Waals surface area contributed by atoms with E-state index in [-0.39, 0.29) is 30.6 Å². The Balaban J connectivity index is 2.30. The molecule has 0 heterocycles. The molecule has 2 amide bonds. The van der Waals surface area contributed by atoms with Crippen molar-refractivity contribution < 1.29 is 28.6 Å². The minimum absolute atomic E-state index is 0.157. The third-order valence-corrected chi connectivity index (χ3v) is 6.04. The summed E-state index contributed by atoms with van der Waals surface area (Å²) in [6.07, 6.45) is 6.05. The zero-order valence-corrected chi connectivity index (χ0v) is 24.1. The first-order valence-electron chi connectivity index (χ1n) is 13.0. The van der Waals surface area contributed by atoms with Crippen LogP contribution in [0.25, 0.3) is 0 Å². The molecule has 8 heteroatoms. The molecule has 0 aliphatic heterocycles. The van der Waals surface area contributed by atoms with Crippen molar-refractivity contribution in [3.8, 4) is 11.5 Å². The predicted octanol–water partition coefficient (Wildman–Crippen LogP) is 5.96. The number of nitrogens with zero attached hydrogens (tertiary/aromatic N) is 2. The molecule has 0 atom stereocenters. The lowest BCUT2D eigenvalue weighted by Crippen LogP contribution is -2.33. The summed E-state index contributed by atoms with van der Waals surface area (Å²) in [6.45, 7) is 9.69. The highest BCUT2D eigenvalue weighted by Crippen LogP contribution is 2.28. The quantitative estimate of drug-likeness (QED) is 0.232. The van der Waals surface area contributed by atoms with E-state index in [0.29, 0.717) is 29.4 Å². The Kier molecular flexibility index (Phi) is 12.3. The molecule has 0 saturated carbocycles. The van der Waals surface area contributed by atoms with Gasteiger partial charge in [-0.3, -0.25) is 9.59 Å². The molecule has 2 aromatic carbocycles. The van der Waals surface area contributed by atoms with Crippen LogP contribution in [0.5, 0.6) is 11.5 Å². The van der Waals surface area contributed by atoms with Gasteiger partial charge in [0.05, 0.1) is 25.0 Å². The summed E-state index contributed by atoms with van der Waals surface area (Å²) in [7, 11) is 3.13. The lowest BCUT2D eigenvalue weighted by atomic mass is 10.1. The van der Waals surface area contributed by atoms with Crippen molar-refractivity contribution in [3.63, 3.8) is 0 Å². The van der Waals surface area contributed by atoms with Crippen LogP contribution in [-0.2, 0) is 14.3 Å². The topological polar surface area (TPSA) is 85.4 Å². The molecule has 0 aliphatic carbocycles. The number of hydrogen-bond donors (Lipinski definition) is 0. The van der Waals surface area contributed by atoms with Crippen molar-refractivity contribution in [1.82, 2.24) is 0 Å². The van der Waals surface area contributed by atoms with Crippen LogP contribution in [0.15, 0.2) is 65.8 Å². The maximum atomic E-state index is 13.1. The Morgan fingerprint density at radius 3 is 2.18 bits per heavy atom. The first kappa shape index (κ1) is 31.1. The molecule has 210 valence electrons.